The van der Waals surface area contributed by atoms with Crippen molar-refractivity contribution < 1.29 is 9.47 Å². The van der Waals surface area contributed by atoms with Gasteiger partial charge in [0.2, 0.25) is 0 Å². The molecular weight excluding hydrogens is 476 g/mol. The van der Waals surface area contributed by atoms with Gasteiger partial charge in [0.1, 0.15) is 17.6 Å². The normalized spacial score (nSPS) is 10.4. The first-order chi connectivity index (χ1) is 18.6. The van der Waals surface area contributed by atoms with Gasteiger partial charge in [0.15, 0.2) is 0 Å². The van der Waals surface area contributed by atoms with E-state index < -0.39 is 0 Å². The molecule has 8 nitrogen and oxygen atoms in total. The molecule has 5 rings (SSSR count). The maximum atomic E-state index is 9.43. The lowest BCUT2D eigenvalue weighted by Crippen LogP contribution is -2.17. The largest absolute Gasteiger partial charge is 0.497 e. The molecule has 0 radical (unpaired) electrons. The molecule has 0 atom stereocenters. The number of hydrogen-bond donors (Lipinski definition) is 0. The fourth-order valence-electron chi connectivity index (χ4n) is 4.04. The molecule has 0 amide bonds. The van der Waals surface area contributed by atoms with Crippen molar-refractivity contribution in [2.45, 2.75) is 0 Å². The van der Waals surface area contributed by atoms with Gasteiger partial charge in [-0.15, -0.1) is 0 Å². The Morgan fingerprint density at radius 2 is 1.66 bits per heavy atom. The number of aromatic nitrogens is 4. The summed E-state index contributed by atoms with van der Waals surface area (Å²) in [6.07, 6.45) is 5.42. The molecule has 2 heterocycles. The van der Waals surface area contributed by atoms with E-state index in [1.807, 2.05) is 72.7 Å². The van der Waals surface area contributed by atoms with Crippen molar-refractivity contribution in [3.63, 3.8) is 0 Å². The van der Waals surface area contributed by atoms with Gasteiger partial charge >= 0.3 is 0 Å². The number of rotatable bonds is 6. The van der Waals surface area contributed by atoms with Gasteiger partial charge in [-0.25, -0.2) is 4.98 Å². The van der Waals surface area contributed by atoms with Crippen LogP contribution in [0.2, 0.25) is 0 Å². The Morgan fingerprint density at radius 3 is 2.34 bits per heavy atom. The zero-order valence-electron chi connectivity index (χ0n) is 21.2. The molecule has 0 unspecified atom stereocenters. The number of anilines is 2. The van der Waals surface area contributed by atoms with Gasteiger partial charge in [-0.2, -0.15) is 10.4 Å². The molecular formula is C30H24N6O2. The van der Waals surface area contributed by atoms with E-state index >= 15 is 0 Å². The van der Waals surface area contributed by atoms with Crippen LogP contribution in [0.15, 0.2) is 79.3 Å². The molecule has 8 heteroatoms. The maximum absolute atomic E-state index is 9.43. The highest BCUT2D eigenvalue weighted by molar-refractivity contribution is 5.83. The first-order valence-corrected chi connectivity index (χ1v) is 11.8. The second-order valence-electron chi connectivity index (χ2n) is 8.45. The molecule has 0 saturated carbocycles. The lowest BCUT2D eigenvalue weighted by Gasteiger charge is -2.24. The van der Waals surface area contributed by atoms with Crippen molar-refractivity contribution >= 4 is 22.4 Å². The van der Waals surface area contributed by atoms with Crippen molar-refractivity contribution in [1.82, 2.24) is 19.7 Å². The average molecular weight is 501 g/mol. The van der Waals surface area contributed by atoms with Crippen LogP contribution in [-0.4, -0.2) is 40.5 Å². The highest BCUT2D eigenvalue weighted by Crippen LogP contribution is 2.34. The Balaban J connectivity index is 1.59. The molecule has 0 aliphatic carbocycles. The maximum Gasteiger partial charge on any atom is 0.124 e. The first-order valence-electron chi connectivity index (χ1n) is 11.8. The summed E-state index contributed by atoms with van der Waals surface area (Å²) >= 11 is 0. The molecule has 5 aromatic rings. The summed E-state index contributed by atoms with van der Waals surface area (Å²) in [5, 5.41) is 13.7. The highest BCUT2D eigenvalue weighted by Gasteiger charge is 2.14. The number of methoxy groups -OCH3 is 2. The number of fused-ring (bicyclic) bond motifs is 1. The molecule has 186 valence electrons. The molecule has 3 aromatic carbocycles. The van der Waals surface area contributed by atoms with E-state index in [1.165, 1.54) is 0 Å². The summed E-state index contributed by atoms with van der Waals surface area (Å²) < 4.78 is 12.8. The van der Waals surface area contributed by atoms with E-state index in [-0.39, 0.29) is 0 Å². The van der Waals surface area contributed by atoms with Crippen LogP contribution in [0, 0.1) is 23.2 Å². The van der Waals surface area contributed by atoms with Gasteiger partial charge in [-0.3, -0.25) is 9.67 Å². The Kier molecular flexibility index (Phi) is 6.88. The SMILES string of the molecule is COc1cc(OC)cc(N(CC#Cc2ccccc2C#N)c2ccc3ncc(-c4cnn(C)c4)nc3c2)c1. The molecule has 0 bridgehead atoms. The number of nitriles is 1. The minimum Gasteiger partial charge on any atom is -0.497 e. The molecule has 0 aliphatic heterocycles. The first kappa shape index (κ1) is 24.4. The lowest BCUT2D eigenvalue weighted by molar-refractivity contribution is 0.394. The lowest BCUT2D eigenvalue weighted by atomic mass is 10.1. The van der Waals surface area contributed by atoms with Gasteiger partial charge in [0, 0.05) is 53.9 Å². The van der Waals surface area contributed by atoms with Crippen LogP contribution in [0.5, 0.6) is 11.5 Å². The molecule has 2 aromatic heterocycles. The van der Waals surface area contributed by atoms with Crippen LogP contribution in [0.3, 0.4) is 0 Å². The zero-order chi connectivity index (χ0) is 26.5. The standard InChI is InChI=1S/C30H24N6O2/c1-35-20-23(18-33-35)30-19-32-28-11-10-24(15-29(28)34-30)36(25-13-26(37-2)16-27(14-25)38-3)12-6-9-21-7-4-5-8-22(21)17-31/h4-5,7-8,10-11,13-16,18-20H,12H2,1-3H3. The van der Waals surface area contributed by atoms with Crippen LogP contribution >= 0.6 is 0 Å². The van der Waals surface area contributed by atoms with Gasteiger partial charge in [0.05, 0.1) is 55.4 Å². The molecule has 0 saturated heterocycles. The van der Waals surface area contributed by atoms with E-state index in [9.17, 15) is 5.26 Å². The summed E-state index contributed by atoms with van der Waals surface area (Å²) in [7, 11) is 5.10. The molecule has 0 fully saturated rings. The minimum absolute atomic E-state index is 0.345. The van der Waals surface area contributed by atoms with Crippen LogP contribution < -0.4 is 14.4 Å². The van der Waals surface area contributed by atoms with E-state index in [1.54, 1.807) is 37.4 Å². The third-order valence-corrected chi connectivity index (χ3v) is 5.99. The van der Waals surface area contributed by atoms with Gasteiger partial charge < -0.3 is 14.4 Å². The molecule has 0 spiro atoms. The van der Waals surface area contributed by atoms with E-state index in [2.05, 4.69) is 28.0 Å². The van der Waals surface area contributed by atoms with Gasteiger partial charge in [0.25, 0.3) is 0 Å². The van der Waals surface area contributed by atoms with E-state index in [0.717, 1.165) is 33.7 Å². The third kappa shape index (κ3) is 5.11. The quantitative estimate of drug-likeness (QED) is 0.299. The Hall–Kier alpha value is -5.34. The van der Waals surface area contributed by atoms with Crippen LogP contribution in [0.4, 0.5) is 11.4 Å². The van der Waals surface area contributed by atoms with Crippen LogP contribution in [0.25, 0.3) is 22.3 Å². The number of ether oxygens (including phenoxy) is 2. The number of aryl methyl sites for hydroxylation is 1. The second kappa shape index (κ2) is 10.7. The predicted octanol–water partition coefficient (Wildman–Crippen LogP) is 5.11. The van der Waals surface area contributed by atoms with Crippen molar-refractivity contribution in [3.8, 4) is 40.7 Å². The molecule has 0 N–H and O–H groups in total. The molecule has 0 aliphatic rings. The van der Waals surface area contributed by atoms with Gasteiger partial charge in [-0.1, -0.05) is 24.0 Å². The van der Waals surface area contributed by atoms with E-state index in [4.69, 9.17) is 14.5 Å². The Bertz CT molecular complexity index is 1700. The number of benzene rings is 3. The monoisotopic (exact) mass is 500 g/mol. The minimum atomic E-state index is 0.345. The smallest absolute Gasteiger partial charge is 0.124 e. The van der Waals surface area contributed by atoms with E-state index in [0.29, 0.717) is 29.2 Å². The number of nitrogens with zero attached hydrogens (tertiary/aromatic N) is 6. The predicted molar refractivity (Wildman–Crippen MR) is 146 cm³/mol. The fraction of sp³-hybridized carbons (Fsp3) is 0.133. The van der Waals surface area contributed by atoms with Crippen molar-refractivity contribution in [1.29, 1.82) is 5.26 Å². The van der Waals surface area contributed by atoms with Crippen LogP contribution in [0.1, 0.15) is 11.1 Å². The topological polar surface area (TPSA) is 89.1 Å². The second-order valence-corrected chi connectivity index (χ2v) is 8.45. The summed E-state index contributed by atoms with van der Waals surface area (Å²) in [6.45, 7) is 0.345. The van der Waals surface area contributed by atoms with Gasteiger partial charge in [-0.05, 0) is 30.3 Å². The fourth-order valence-corrected chi connectivity index (χ4v) is 4.04. The van der Waals surface area contributed by atoms with Crippen molar-refractivity contribution in [2.75, 3.05) is 25.7 Å². The van der Waals surface area contributed by atoms with Crippen LogP contribution in [-0.2, 0) is 7.05 Å². The summed E-state index contributed by atoms with van der Waals surface area (Å²) in [5.74, 6) is 7.70. The summed E-state index contributed by atoms with van der Waals surface area (Å²) in [4.78, 5) is 11.5. The summed E-state index contributed by atoms with van der Waals surface area (Å²) in [5.41, 5.74) is 6.08. The average Bonchev–Trinajstić information content (AvgIpc) is 3.40. The number of hydrogen-bond acceptors (Lipinski definition) is 7. The van der Waals surface area contributed by atoms with Crippen molar-refractivity contribution in [2.24, 2.45) is 7.05 Å². The van der Waals surface area contributed by atoms with Crippen molar-refractivity contribution in [3.05, 3.63) is 90.4 Å². The highest BCUT2D eigenvalue weighted by atomic mass is 16.5. The summed E-state index contributed by atoms with van der Waals surface area (Å²) in [6, 6.07) is 21.1. The Morgan fingerprint density at radius 1 is 0.895 bits per heavy atom. The Labute approximate surface area is 220 Å². The third-order valence-electron chi connectivity index (χ3n) is 5.99. The molecule has 38 heavy (non-hydrogen) atoms. The zero-order valence-corrected chi connectivity index (χ0v) is 21.2.